The minimum absolute atomic E-state index is 0.268. The zero-order chi connectivity index (χ0) is 13.5. The summed E-state index contributed by atoms with van der Waals surface area (Å²) < 4.78 is 12.9. The number of hydrogen-bond donors (Lipinski definition) is 2. The number of amides is 2. The van der Waals surface area contributed by atoms with Crippen molar-refractivity contribution in [3.05, 3.63) is 60.0 Å². The Kier molecular flexibility index (Phi) is 4.44. The number of carbonyl (C=O) groups excluding carboxylic acids is 1. The molecule has 1 aromatic carbocycles. The number of hydrogen-bond acceptors (Lipinski definition) is 2. The van der Waals surface area contributed by atoms with Crippen LogP contribution in [0.4, 0.5) is 15.0 Å². The predicted molar refractivity (Wildman–Crippen MR) is 71.4 cm³/mol. The van der Waals surface area contributed by atoms with Crippen LogP contribution < -0.4 is 10.6 Å². The Balaban J connectivity index is 1.75. The summed E-state index contributed by atoms with van der Waals surface area (Å²) in [6.45, 7) is 0.433. The molecule has 0 spiro atoms. The average molecular weight is 259 g/mol. The summed E-state index contributed by atoms with van der Waals surface area (Å²) in [4.78, 5) is 15.5. The maximum atomic E-state index is 12.9. The second kappa shape index (κ2) is 6.49. The number of nitrogens with zero attached hydrogens (tertiary/aromatic N) is 1. The van der Waals surface area contributed by atoms with Crippen LogP contribution in [0, 0.1) is 5.82 Å². The molecule has 0 fully saturated rings. The summed E-state index contributed by atoms with van der Waals surface area (Å²) >= 11 is 0. The van der Waals surface area contributed by atoms with Gasteiger partial charge < -0.3 is 5.32 Å². The van der Waals surface area contributed by atoms with Crippen LogP contribution in [0.3, 0.4) is 0 Å². The molecule has 2 aromatic rings. The molecule has 2 N–H and O–H groups in total. The molecule has 0 aliphatic heterocycles. The van der Waals surface area contributed by atoms with E-state index in [-0.39, 0.29) is 11.8 Å². The summed E-state index contributed by atoms with van der Waals surface area (Å²) in [5.74, 6) is 0.223. The molecule has 2 amide bonds. The number of pyridine rings is 1. The Bertz CT molecular complexity index is 545. The highest BCUT2D eigenvalue weighted by Gasteiger charge is 2.01. The van der Waals surface area contributed by atoms with Gasteiger partial charge in [0.05, 0.1) is 0 Å². The third-order valence-electron chi connectivity index (χ3n) is 2.49. The second-order valence-corrected chi connectivity index (χ2v) is 3.98. The topological polar surface area (TPSA) is 54.0 Å². The van der Waals surface area contributed by atoms with Crippen molar-refractivity contribution in [2.24, 2.45) is 0 Å². The summed E-state index contributed by atoms with van der Waals surface area (Å²) in [7, 11) is 0. The van der Waals surface area contributed by atoms with Crippen molar-refractivity contribution in [2.45, 2.75) is 6.42 Å². The molecular formula is C14H14FN3O. The van der Waals surface area contributed by atoms with Crippen LogP contribution in [0.1, 0.15) is 5.56 Å². The van der Waals surface area contributed by atoms with Crippen molar-refractivity contribution in [1.82, 2.24) is 10.3 Å². The molecule has 1 heterocycles. The molecule has 0 radical (unpaired) electrons. The van der Waals surface area contributed by atoms with E-state index in [1.165, 1.54) is 12.1 Å². The molecule has 0 saturated carbocycles. The number of carbonyl (C=O) groups is 1. The number of urea groups is 1. The lowest BCUT2D eigenvalue weighted by molar-refractivity contribution is 0.252. The van der Waals surface area contributed by atoms with E-state index in [0.717, 1.165) is 5.56 Å². The Labute approximate surface area is 110 Å². The molecule has 1 aromatic heterocycles. The highest BCUT2D eigenvalue weighted by atomic mass is 19.1. The van der Waals surface area contributed by atoms with Gasteiger partial charge in [-0.3, -0.25) is 5.32 Å². The fraction of sp³-hybridized carbons (Fsp3) is 0.143. The Hall–Kier alpha value is -2.43. The Morgan fingerprint density at radius 3 is 2.84 bits per heavy atom. The van der Waals surface area contributed by atoms with Crippen LogP contribution in [0.2, 0.25) is 0 Å². The molecule has 4 nitrogen and oxygen atoms in total. The van der Waals surface area contributed by atoms with Crippen LogP contribution in [0.5, 0.6) is 0 Å². The van der Waals surface area contributed by atoms with E-state index in [4.69, 9.17) is 0 Å². The van der Waals surface area contributed by atoms with Gasteiger partial charge in [0.15, 0.2) is 0 Å². The lowest BCUT2D eigenvalue weighted by atomic mass is 10.1. The number of halogens is 1. The first kappa shape index (κ1) is 13.0. The van der Waals surface area contributed by atoms with Crippen molar-refractivity contribution in [1.29, 1.82) is 0 Å². The molecule has 0 saturated heterocycles. The van der Waals surface area contributed by atoms with Crippen molar-refractivity contribution in [2.75, 3.05) is 11.9 Å². The zero-order valence-electron chi connectivity index (χ0n) is 10.3. The van der Waals surface area contributed by atoms with Gasteiger partial charge >= 0.3 is 6.03 Å². The smallest absolute Gasteiger partial charge is 0.320 e. The van der Waals surface area contributed by atoms with Crippen molar-refractivity contribution >= 4 is 11.8 Å². The Morgan fingerprint density at radius 2 is 2.11 bits per heavy atom. The molecule has 0 aliphatic carbocycles. The maximum absolute atomic E-state index is 12.9. The largest absolute Gasteiger partial charge is 0.337 e. The minimum atomic E-state index is -0.324. The molecule has 0 unspecified atom stereocenters. The van der Waals surface area contributed by atoms with Crippen molar-refractivity contribution in [3.63, 3.8) is 0 Å². The lowest BCUT2D eigenvalue weighted by Gasteiger charge is -2.06. The highest BCUT2D eigenvalue weighted by molar-refractivity contribution is 5.88. The van der Waals surface area contributed by atoms with Gasteiger partial charge in [-0.05, 0) is 36.2 Å². The van der Waals surface area contributed by atoms with E-state index in [1.54, 1.807) is 30.5 Å². The van der Waals surface area contributed by atoms with Gasteiger partial charge in [0.25, 0.3) is 0 Å². The fourth-order valence-corrected chi connectivity index (χ4v) is 1.61. The summed E-state index contributed by atoms with van der Waals surface area (Å²) in [6, 6.07) is 11.3. The van der Waals surface area contributed by atoms with E-state index in [9.17, 15) is 9.18 Å². The second-order valence-electron chi connectivity index (χ2n) is 3.98. The van der Waals surface area contributed by atoms with Gasteiger partial charge in [0.1, 0.15) is 11.6 Å². The van der Waals surface area contributed by atoms with Crippen molar-refractivity contribution in [3.8, 4) is 0 Å². The van der Waals surface area contributed by atoms with Gasteiger partial charge in [0.2, 0.25) is 0 Å². The molecule has 0 aliphatic rings. The fourth-order valence-electron chi connectivity index (χ4n) is 1.61. The van der Waals surface area contributed by atoms with Crippen LogP contribution in [0.25, 0.3) is 0 Å². The van der Waals surface area contributed by atoms with E-state index in [0.29, 0.717) is 18.8 Å². The lowest BCUT2D eigenvalue weighted by Crippen LogP contribution is -2.30. The maximum Gasteiger partial charge on any atom is 0.320 e. The van der Waals surface area contributed by atoms with Gasteiger partial charge in [-0.25, -0.2) is 14.2 Å². The third kappa shape index (κ3) is 4.39. The summed E-state index contributed by atoms with van der Waals surface area (Å²) in [5, 5.41) is 5.29. The van der Waals surface area contributed by atoms with E-state index < -0.39 is 0 Å². The number of aromatic nitrogens is 1. The highest BCUT2D eigenvalue weighted by Crippen LogP contribution is 2.03. The molecular weight excluding hydrogens is 245 g/mol. The monoisotopic (exact) mass is 259 g/mol. The van der Waals surface area contributed by atoms with E-state index in [2.05, 4.69) is 15.6 Å². The number of nitrogens with one attached hydrogen (secondary N) is 2. The SMILES string of the molecule is O=C(NCCc1cccc(F)c1)Nc1ccccn1. The van der Waals surface area contributed by atoms with Crippen LogP contribution in [-0.2, 0) is 6.42 Å². The molecule has 0 bridgehead atoms. The van der Waals surface area contributed by atoms with E-state index in [1.807, 2.05) is 6.07 Å². The average Bonchev–Trinajstić information content (AvgIpc) is 2.40. The van der Waals surface area contributed by atoms with Crippen LogP contribution in [0.15, 0.2) is 48.7 Å². The van der Waals surface area contributed by atoms with Gasteiger partial charge in [-0.1, -0.05) is 18.2 Å². The van der Waals surface area contributed by atoms with Gasteiger partial charge in [0, 0.05) is 12.7 Å². The first-order valence-corrected chi connectivity index (χ1v) is 5.94. The zero-order valence-corrected chi connectivity index (χ0v) is 10.3. The van der Waals surface area contributed by atoms with Gasteiger partial charge in [-0.15, -0.1) is 0 Å². The summed E-state index contributed by atoms with van der Waals surface area (Å²) in [6.07, 6.45) is 2.18. The van der Waals surface area contributed by atoms with Crippen LogP contribution in [-0.4, -0.2) is 17.6 Å². The van der Waals surface area contributed by atoms with E-state index >= 15 is 0 Å². The predicted octanol–water partition coefficient (Wildman–Crippen LogP) is 2.58. The quantitative estimate of drug-likeness (QED) is 0.886. The first-order chi connectivity index (χ1) is 9.24. The standard InChI is InChI=1S/C14H14FN3O/c15-12-5-3-4-11(10-12)7-9-17-14(19)18-13-6-1-2-8-16-13/h1-6,8,10H,7,9H2,(H2,16,17,18,19). The number of rotatable bonds is 4. The third-order valence-corrected chi connectivity index (χ3v) is 2.49. The number of anilines is 1. The van der Waals surface area contributed by atoms with Crippen LogP contribution >= 0.6 is 0 Å². The number of benzene rings is 1. The molecule has 19 heavy (non-hydrogen) atoms. The van der Waals surface area contributed by atoms with Crippen molar-refractivity contribution < 1.29 is 9.18 Å². The van der Waals surface area contributed by atoms with Gasteiger partial charge in [-0.2, -0.15) is 0 Å². The molecule has 0 atom stereocenters. The molecule has 2 rings (SSSR count). The minimum Gasteiger partial charge on any atom is -0.337 e. The molecule has 5 heteroatoms. The normalized spacial score (nSPS) is 9.95. The molecule has 98 valence electrons. The first-order valence-electron chi connectivity index (χ1n) is 5.94. The Morgan fingerprint density at radius 1 is 1.21 bits per heavy atom. The summed E-state index contributed by atoms with van der Waals surface area (Å²) in [5.41, 5.74) is 0.845.